The Hall–Kier alpha value is -0.0800. The minimum absolute atomic E-state index is 0.733. The molecule has 0 radical (unpaired) electrons. The summed E-state index contributed by atoms with van der Waals surface area (Å²) in [5.74, 6) is 2.76. The molecule has 0 bridgehead atoms. The average molecular weight is 252 g/mol. The summed E-state index contributed by atoms with van der Waals surface area (Å²) in [7, 11) is 2.15. The van der Waals surface area contributed by atoms with Gasteiger partial charge in [0.25, 0.3) is 0 Å². The number of likely N-dealkylation sites (tertiary alicyclic amines) is 1. The predicted molar refractivity (Wildman–Crippen MR) is 78.8 cm³/mol. The van der Waals surface area contributed by atoms with Gasteiger partial charge in [-0.15, -0.1) is 0 Å². The molecular formula is C16H32N2. The molecule has 1 aliphatic carbocycles. The minimum atomic E-state index is 0.733. The first kappa shape index (κ1) is 14.3. The number of hydrogen-bond acceptors (Lipinski definition) is 2. The lowest BCUT2D eigenvalue weighted by molar-refractivity contribution is 0.0617. The number of nitrogens with zero attached hydrogens (tertiary/aromatic N) is 1. The highest BCUT2D eigenvalue weighted by molar-refractivity contribution is 4.91. The first-order valence-corrected chi connectivity index (χ1v) is 8.03. The molecule has 106 valence electrons. The molecule has 1 N–H and O–H groups in total. The molecule has 1 aliphatic heterocycles. The van der Waals surface area contributed by atoms with Crippen LogP contribution in [-0.4, -0.2) is 37.1 Å². The van der Waals surface area contributed by atoms with E-state index in [0.29, 0.717) is 0 Å². The van der Waals surface area contributed by atoms with E-state index in [2.05, 4.69) is 38.0 Å². The number of hydrogen-bond donors (Lipinski definition) is 1. The molecule has 2 nitrogen and oxygen atoms in total. The van der Waals surface area contributed by atoms with Gasteiger partial charge in [0, 0.05) is 12.1 Å². The summed E-state index contributed by atoms with van der Waals surface area (Å²) in [4.78, 5) is 2.79. The normalized spacial score (nSPS) is 36.2. The van der Waals surface area contributed by atoms with Crippen LogP contribution < -0.4 is 5.32 Å². The molecule has 2 rings (SSSR count). The van der Waals surface area contributed by atoms with Gasteiger partial charge in [-0.1, -0.05) is 20.8 Å². The van der Waals surface area contributed by atoms with Crippen molar-refractivity contribution in [3.63, 3.8) is 0 Å². The van der Waals surface area contributed by atoms with Crippen molar-refractivity contribution in [3.8, 4) is 0 Å². The molecule has 0 amide bonds. The fourth-order valence-corrected chi connectivity index (χ4v) is 4.01. The van der Waals surface area contributed by atoms with Gasteiger partial charge in [0.2, 0.25) is 0 Å². The molecule has 2 fully saturated rings. The van der Waals surface area contributed by atoms with Crippen molar-refractivity contribution < 1.29 is 0 Å². The van der Waals surface area contributed by atoms with Crippen LogP contribution in [0.2, 0.25) is 0 Å². The topological polar surface area (TPSA) is 15.3 Å². The maximum atomic E-state index is 3.56. The van der Waals surface area contributed by atoms with E-state index in [1.807, 2.05) is 0 Å². The molecule has 0 spiro atoms. The molecular weight excluding hydrogens is 220 g/mol. The Balaban J connectivity index is 1.90. The highest BCUT2D eigenvalue weighted by Crippen LogP contribution is 2.32. The monoisotopic (exact) mass is 252 g/mol. The van der Waals surface area contributed by atoms with Crippen LogP contribution in [0.3, 0.4) is 0 Å². The molecule has 1 saturated carbocycles. The van der Waals surface area contributed by atoms with Crippen LogP contribution in [0.4, 0.5) is 0 Å². The third kappa shape index (κ3) is 3.27. The molecule has 0 aromatic carbocycles. The van der Waals surface area contributed by atoms with Crippen LogP contribution in [-0.2, 0) is 0 Å². The SMILES string of the molecule is CNC1CCC(C)CC1N1CCC(C(C)C)CC1. The maximum Gasteiger partial charge on any atom is 0.0251 e. The second-order valence-corrected chi connectivity index (χ2v) is 7.00. The summed E-state index contributed by atoms with van der Waals surface area (Å²) < 4.78 is 0. The third-order valence-corrected chi connectivity index (χ3v) is 5.44. The first-order chi connectivity index (χ1) is 8.61. The van der Waals surface area contributed by atoms with Gasteiger partial charge in [-0.05, 0) is 70.0 Å². The highest BCUT2D eigenvalue weighted by Gasteiger charge is 2.34. The Morgan fingerprint density at radius 2 is 1.72 bits per heavy atom. The van der Waals surface area contributed by atoms with Crippen LogP contribution in [0.25, 0.3) is 0 Å². The Kier molecular flexibility index (Phi) is 5.08. The van der Waals surface area contributed by atoms with Crippen molar-refractivity contribution in [2.75, 3.05) is 20.1 Å². The Morgan fingerprint density at radius 1 is 1.06 bits per heavy atom. The first-order valence-electron chi connectivity index (χ1n) is 8.03. The molecule has 0 aromatic heterocycles. The zero-order valence-corrected chi connectivity index (χ0v) is 12.8. The van der Waals surface area contributed by atoms with Crippen LogP contribution in [0.1, 0.15) is 52.9 Å². The van der Waals surface area contributed by atoms with Crippen LogP contribution in [0, 0.1) is 17.8 Å². The van der Waals surface area contributed by atoms with Crippen LogP contribution in [0.5, 0.6) is 0 Å². The summed E-state index contributed by atoms with van der Waals surface area (Å²) >= 11 is 0. The lowest BCUT2D eigenvalue weighted by Gasteiger charge is -2.45. The summed E-state index contributed by atoms with van der Waals surface area (Å²) in [5.41, 5.74) is 0. The Bertz CT molecular complexity index is 243. The van der Waals surface area contributed by atoms with Gasteiger partial charge in [0.15, 0.2) is 0 Å². The van der Waals surface area contributed by atoms with E-state index in [9.17, 15) is 0 Å². The second-order valence-electron chi connectivity index (χ2n) is 7.00. The van der Waals surface area contributed by atoms with Gasteiger partial charge in [0.05, 0.1) is 0 Å². The van der Waals surface area contributed by atoms with Crippen molar-refractivity contribution in [2.24, 2.45) is 17.8 Å². The number of likely N-dealkylation sites (N-methyl/N-ethyl adjacent to an activating group) is 1. The Labute approximate surface area is 114 Å². The largest absolute Gasteiger partial charge is 0.315 e. The molecule has 2 aliphatic rings. The molecule has 18 heavy (non-hydrogen) atoms. The van der Waals surface area contributed by atoms with E-state index >= 15 is 0 Å². The third-order valence-electron chi connectivity index (χ3n) is 5.44. The standard InChI is InChI=1S/C16H32N2/c1-12(2)14-7-9-18(10-8-14)16-11-13(3)5-6-15(16)17-4/h12-17H,5-11H2,1-4H3. The zero-order chi connectivity index (χ0) is 13.1. The summed E-state index contributed by atoms with van der Waals surface area (Å²) in [6, 6.07) is 1.53. The fourth-order valence-electron chi connectivity index (χ4n) is 4.01. The van der Waals surface area contributed by atoms with Crippen molar-refractivity contribution in [3.05, 3.63) is 0 Å². The second kappa shape index (κ2) is 6.38. The highest BCUT2D eigenvalue weighted by atomic mass is 15.2. The number of rotatable bonds is 3. The summed E-state index contributed by atoms with van der Waals surface area (Å²) in [6.45, 7) is 9.87. The van der Waals surface area contributed by atoms with E-state index in [0.717, 1.165) is 29.8 Å². The molecule has 3 atom stereocenters. The molecule has 3 unspecified atom stereocenters. The molecule has 2 heteroatoms. The maximum absolute atomic E-state index is 3.56. The summed E-state index contributed by atoms with van der Waals surface area (Å²) in [5, 5.41) is 3.56. The molecule has 1 heterocycles. The quantitative estimate of drug-likeness (QED) is 0.830. The van der Waals surface area contributed by atoms with Crippen molar-refractivity contribution in [1.29, 1.82) is 0 Å². The van der Waals surface area contributed by atoms with E-state index < -0.39 is 0 Å². The van der Waals surface area contributed by atoms with Gasteiger partial charge in [-0.25, -0.2) is 0 Å². The number of piperidine rings is 1. The molecule has 0 aromatic rings. The smallest absolute Gasteiger partial charge is 0.0251 e. The van der Waals surface area contributed by atoms with Gasteiger partial charge in [0.1, 0.15) is 0 Å². The van der Waals surface area contributed by atoms with E-state index in [4.69, 9.17) is 0 Å². The van der Waals surface area contributed by atoms with E-state index in [1.54, 1.807) is 0 Å². The van der Waals surface area contributed by atoms with Gasteiger partial charge in [-0.3, -0.25) is 4.90 Å². The predicted octanol–water partition coefficient (Wildman–Crippen LogP) is 3.13. The van der Waals surface area contributed by atoms with Gasteiger partial charge in [-0.2, -0.15) is 0 Å². The van der Waals surface area contributed by atoms with E-state index in [-0.39, 0.29) is 0 Å². The van der Waals surface area contributed by atoms with Crippen LogP contribution in [0.15, 0.2) is 0 Å². The molecule has 1 saturated heterocycles. The lowest BCUT2D eigenvalue weighted by Crippen LogP contribution is -2.54. The van der Waals surface area contributed by atoms with Crippen molar-refractivity contribution in [2.45, 2.75) is 65.0 Å². The zero-order valence-electron chi connectivity index (χ0n) is 12.8. The van der Waals surface area contributed by atoms with E-state index in [1.165, 1.54) is 45.2 Å². The van der Waals surface area contributed by atoms with Crippen molar-refractivity contribution in [1.82, 2.24) is 10.2 Å². The van der Waals surface area contributed by atoms with Gasteiger partial charge >= 0.3 is 0 Å². The van der Waals surface area contributed by atoms with Gasteiger partial charge < -0.3 is 5.32 Å². The van der Waals surface area contributed by atoms with Crippen LogP contribution >= 0.6 is 0 Å². The average Bonchev–Trinajstić information content (AvgIpc) is 2.39. The fraction of sp³-hybridized carbons (Fsp3) is 1.00. The summed E-state index contributed by atoms with van der Waals surface area (Å²) in [6.07, 6.45) is 7.01. The Morgan fingerprint density at radius 3 is 2.28 bits per heavy atom. The van der Waals surface area contributed by atoms with Crippen molar-refractivity contribution >= 4 is 0 Å². The minimum Gasteiger partial charge on any atom is -0.315 e. The lowest BCUT2D eigenvalue weighted by atomic mass is 9.80. The number of nitrogens with one attached hydrogen (secondary N) is 1.